The second kappa shape index (κ2) is 16.2. The number of carbonyl (C=O) groups excluding carboxylic acids is 1. The van der Waals surface area contributed by atoms with Crippen LogP contribution in [0.2, 0.25) is 0 Å². The first-order valence-corrected chi connectivity index (χ1v) is 15.5. The van der Waals surface area contributed by atoms with Crippen molar-refractivity contribution in [2.75, 3.05) is 20.3 Å². The largest absolute Gasteiger partial charge is 0.394 e. The molecule has 0 saturated carbocycles. The number of aliphatic hydroxyl groups is 10. The van der Waals surface area contributed by atoms with Crippen molar-refractivity contribution in [1.29, 1.82) is 0 Å². The topological polar surface area (TPSA) is 296 Å². The number of rotatable bonds is 10. The molecule has 0 aromatic carbocycles. The molecule has 20 unspecified atom stereocenters. The minimum Gasteiger partial charge on any atom is -0.394 e. The van der Waals surface area contributed by atoms with Crippen LogP contribution in [0.1, 0.15) is 27.2 Å². The molecule has 4 aliphatic rings. The summed E-state index contributed by atoms with van der Waals surface area (Å²) in [6.07, 6.45) is -26.7. The molecule has 4 fully saturated rings. The van der Waals surface area contributed by atoms with E-state index < -0.39 is 142 Å². The Balaban J connectivity index is 1.71. The Morgan fingerprint density at radius 3 is 1.72 bits per heavy atom. The molecule has 4 saturated heterocycles. The molecule has 11 N–H and O–H groups in total. The van der Waals surface area contributed by atoms with E-state index in [9.17, 15) is 55.9 Å². The molecule has 4 heterocycles. The van der Waals surface area contributed by atoms with Crippen molar-refractivity contribution in [3.63, 3.8) is 0 Å². The highest BCUT2D eigenvalue weighted by atomic mass is 16.8. The number of ether oxygens (including phenoxy) is 7. The van der Waals surface area contributed by atoms with Crippen molar-refractivity contribution >= 4 is 5.91 Å². The molecule has 0 aliphatic carbocycles. The van der Waals surface area contributed by atoms with E-state index in [1.807, 2.05) is 0 Å². The van der Waals surface area contributed by atoms with Crippen molar-refractivity contribution in [2.24, 2.45) is 5.92 Å². The van der Waals surface area contributed by atoms with Crippen LogP contribution in [0, 0.1) is 5.92 Å². The number of amides is 1. The Labute approximate surface area is 270 Å². The summed E-state index contributed by atoms with van der Waals surface area (Å²) in [7, 11) is 1.27. The summed E-state index contributed by atoms with van der Waals surface area (Å²) >= 11 is 0. The van der Waals surface area contributed by atoms with Gasteiger partial charge in [0, 0.05) is 20.0 Å². The molecular formula is C28H49NO18. The van der Waals surface area contributed by atoms with Crippen molar-refractivity contribution in [1.82, 2.24) is 5.32 Å². The SMILES string of the molecule is COC1OC(CO)C(CC2OC(C)C(O)C(O)C2O)C(OC2OC(CO)C(O)C(O)C2OC2OC(C)C(O)C(O)C2O)C1NC(C)=O. The van der Waals surface area contributed by atoms with Gasteiger partial charge in [-0.3, -0.25) is 4.79 Å². The summed E-state index contributed by atoms with van der Waals surface area (Å²) in [6, 6.07) is -1.17. The van der Waals surface area contributed by atoms with Gasteiger partial charge in [0.2, 0.25) is 5.91 Å². The normalized spacial score (nSPS) is 51.0. The Morgan fingerprint density at radius 1 is 0.617 bits per heavy atom. The Bertz CT molecular complexity index is 1010. The standard InChI is InChI=1S/C28H49NO18/c1-8-16(33)20(37)18(35)12(42-8)5-11-13(6-30)44-26(41-4)15(29-10(3)32)24(11)46-28-25(22(39)19(36)14(7-31)45-28)47-27-23(40)21(38)17(34)9(2)43-27/h8-9,11-28,30-31,33-40H,5-7H2,1-4H3,(H,29,32). The van der Waals surface area contributed by atoms with Gasteiger partial charge >= 0.3 is 0 Å². The first-order chi connectivity index (χ1) is 22.1. The van der Waals surface area contributed by atoms with Crippen LogP contribution in [0.5, 0.6) is 0 Å². The summed E-state index contributed by atoms with van der Waals surface area (Å²) in [6.45, 7) is 2.67. The van der Waals surface area contributed by atoms with Crippen LogP contribution >= 0.6 is 0 Å². The number of aliphatic hydroxyl groups excluding tert-OH is 10. The fraction of sp³-hybridized carbons (Fsp3) is 0.964. The molecular weight excluding hydrogens is 638 g/mol. The van der Waals surface area contributed by atoms with Gasteiger partial charge in [0.05, 0.1) is 43.7 Å². The Kier molecular flexibility index (Phi) is 13.3. The molecule has 4 aliphatic heterocycles. The number of nitrogens with one attached hydrogen (secondary N) is 1. The van der Waals surface area contributed by atoms with Crippen LogP contribution in [0.3, 0.4) is 0 Å². The van der Waals surface area contributed by atoms with Crippen molar-refractivity contribution in [3.8, 4) is 0 Å². The molecule has 0 aromatic heterocycles. The zero-order chi connectivity index (χ0) is 34.9. The predicted octanol–water partition coefficient (Wildman–Crippen LogP) is -6.23. The highest BCUT2D eigenvalue weighted by Gasteiger charge is 2.55. The average Bonchev–Trinajstić information content (AvgIpc) is 3.04. The lowest BCUT2D eigenvalue weighted by Gasteiger charge is -2.51. The van der Waals surface area contributed by atoms with Gasteiger partial charge < -0.3 is 89.5 Å². The van der Waals surface area contributed by atoms with Crippen LogP contribution in [-0.2, 0) is 38.0 Å². The van der Waals surface area contributed by atoms with E-state index in [0.717, 1.165) is 0 Å². The van der Waals surface area contributed by atoms with Gasteiger partial charge in [0.15, 0.2) is 18.9 Å². The van der Waals surface area contributed by atoms with E-state index in [1.165, 1.54) is 27.9 Å². The van der Waals surface area contributed by atoms with Gasteiger partial charge in [-0.05, 0) is 20.3 Å². The van der Waals surface area contributed by atoms with Crippen LogP contribution in [0.15, 0.2) is 0 Å². The molecule has 0 bridgehead atoms. The molecule has 20 atom stereocenters. The number of carbonyl (C=O) groups is 1. The summed E-state index contributed by atoms with van der Waals surface area (Å²) in [5, 5.41) is 107. The first kappa shape index (κ1) is 38.6. The van der Waals surface area contributed by atoms with E-state index in [2.05, 4.69) is 5.32 Å². The summed E-state index contributed by atoms with van der Waals surface area (Å²) < 4.78 is 40.7. The van der Waals surface area contributed by atoms with Gasteiger partial charge in [-0.15, -0.1) is 0 Å². The third-order valence-corrected chi connectivity index (χ3v) is 9.31. The van der Waals surface area contributed by atoms with E-state index in [4.69, 9.17) is 33.2 Å². The van der Waals surface area contributed by atoms with Gasteiger partial charge in [0.1, 0.15) is 67.1 Å². The van der Waals surface area contributed by atoms with E-state index in [0.29, 0.717) is 0 Å². The van der Waals surface area contributed by atoms with Gasteiger partial charge in [-0.25, -0.2) is 0 Å². The lowest BCUT2D eigenvalue weighted by molar-refractivity contribution is -0.379. The zero-order valence-electron chi connectivity index (χ0n) is 26.4. The Morgan fingerprint density at radius 2 is 1.15 bits per heavy atom. The summed E-state index contributed by atoms with van der Waals surface area (Å²) in [5.41, 5.74) is 0. The number of methoxy groups -OCH3 is 1. The maximum atomic E-state index is 12.4. The predicted molar refractivity (Wildman–Crippen MR) is 151 cm³/mol. The highest BCUT2D eigenvalue weighted by molar-refractivity contribution is 5.73. The van der Waals surface area contributed by atoms with E-state index in [1.54, 1.807) is 0 Å². The minimum atomic E-state index is -1.86. The van der Waals surface area contributed by atoms with E-state index >= 15 is 0 Å². The van der Waals surface area contributed by atoms with Crippen LogP contribution in [0.25, 0.3) is 0 Å². The third kappa shape index (κ3) is 8.07. The lowest BCUT2D eigenvalue weighted by Crippen LogP contribution is -2.68. The molecule has 47 heavy (non-hydrogen) atoms. The van der Waals surface area contributed by atoms with Crippen molar-refractivity contribution in [3.05, 3.63) is 0 Å². The molecule has 0 aromatic rings. The maximum Gasteiger partial charge on any atom is 0.217 e. The van der Waals surface area contributed by atoms with E-state index in [-0.39, 0.29) is 6.42 Å². The number of hydrogen-bond acceptors (Lipinski definition) is 18. The monoisotopic (exact) mass is 687 g/mol. The first-order valence-electron chi connectivity index (χ1n) is 15.5. The molecule has 0 spiro atoms. The lowest BCUT2D eigenvalue weighted by atomic mass is 9.80. The fourth-order valence-electron chi connectivity index (χ4n) is 6.57. The smallest absolute Gasteiger partial charge is 0.217 e. The van der Waals surface area contributed by atoms with Crippen LogP contribution in [-0.4, -0.2) is 194 Å². The molecule has 274 valence electrons. The second-order valence-corrected chi connectivity index (χ2v) is 12.5. The molecule has 1 amide bonds. The van der Waals surface area contributed by atoms with Gasteiger partial charge in [-0.1, -0.05) is 0 Å². The average molecular weight is 688 g/mol. The van der Waals surface area contributed by atoms with Gasteiger partial charge in [-0.2, -0.15) is 0 Å². The molecule has 19 heteroatoms. The Hall–Kier alpha value is -1.21. The van der Waals surface area contributed by atoms with Gasteiger partial charge in [0.25, 0.3) is 0 Å². The van der Waals surface area contributed by atoms with Crippen molar-refractivity contribution < 1.29 is 89.0 Å². The van der Waals surface area contributed by atoms with Crippen LogP contribution < -0.4 is 5.32 Å². The highest BCUT2D eigenvalue weighted by Crippen LogP contribution is 2.38. The number of hydrogen-bond donors (Lipinski definition) is 11. The fourth-order valence-corrected chi connectivity index (χ4v) is 6.57. The third-order valence-electron chi connectivity index (χ3n) is 9.31. The summed E-state index contributed by atoms with van der Waals surface area (Å²) in [5.74, 6) is -1.57. The minimum absolute atomic E-state index is 0.198. The second-order valence-electron chi connectivity index (χ2n) is 12.5. The quantitative estimate of drug-likeness (QED) is 0.102. The maximum absolute atomic E-state index is 12.4. The zero-order valence-corrected chi connectivity index (χ0v) is 26.4. The summed E-state index contributed by atoms with van der Waals surface area (Å²) in [4.78, 5) is 12.4. The molecule has 0 radical (unpaired) electrons. The molecule has 4 rings (SSSR count). The van der Waals surface area contributed by atoms with Crippen molar-refractivity contribution in [2.45, 2.75) is 144 Å². The molecule has 19 nitrogen and oxygen atoms in total. The van der Waals surface area contributed by atoms with Crippen LogP contribution in [0.4, 0.5) is 0 Å².